The Morgan fingerprint density at radius 1 is 0.818 bits per heavy atom. The van der Waals surface area contributed by atoms with Crippen LogP contribution in [0.1, 0.15) is 16.7 Å². The van der Waals surface area contributed by atoms with Gasteiger partial charge in [0.2, 0.25) is 0 Å². The number of nitrogens with zero attached hydrogens (tertiary/aromatic N) is 1. The molecule has 0 saturated carbocycles. The second kappa shape index (κ2) is 8.68. The van der Waals surface area contributed by atoms with Crippen LogP contribution in [-0.4, -0.2) is 16.5 Å². The van der Waals surface area contributed by atoms with Gasteiger partial charge in [-0.2, -0.15) is 26.3 Å². The highest BCUT2D eigenvalue weighted by atomic mass is 19.4. The fourth-order valence-electron chi connectivity index (χ4n) is 3.61. The molecule has 0 fully saturated rings. The minimum Gasteiger partial charge on any atom is -0.384 e. The van der Waals surface area contributed by atoms with Crippen molar-refractivity contribution in [1.29, 1.82) is 0 Å². The van der Waals surface area contributed by atoms with Gasteiger partial charge in [0, 0.05) is 47.4 Å². The number of pyridine rings is 1. The van der Waals surface area contributed by atoms with Gasteiger partial charge < -0.3 is 15.6 Å². The number of para-hydroxylation sites is 1. The second-order valence-electron chi connectivity index (χ2n) is 7.34. The summed E-state index contributed by atoms with van der Waals surface area (Å²) in [4.78, 5) is 6.81. The molecule has 2 aromatic carbocycles. The quantitative estimate of drug-likeness (QED) is 0.269. The van der Waals surface area contributed by atoms with Gasteiger partial charge in [-0.05, 0) is 42.3 Å². The molecule has 172 valence electrons. The van der Waals surface area contributed by atoms with E-state index in [2.05, 4.69) is 20.6 Å². The lowest BCUT2D eigenvalue weighted by molar-refractivity contribution is -0.141. The molecule has 0 atom stereocenters. The average Bonchev–Trinajstić information content (AvgIpc) is 3.17. The molecule has 0 spiro atoms. The molecule has 0 saturated heterocycles. The topological polar surface area (TPSA) is 52.7 Å². The highest BCUT2D eigenvalue weighted by Gasteiger charge is 2.41. The number of halogens is 6. The molecule has 0 aliphatic rings. The molecule has 2 heterocycles. The van der Waals surface area contributed by atoms with Gasteiger partial charge in [0.15, 0.2) is 0 Å². The van der Waals surface area contributed by atoms with Gasteiger partial charge in [0.05, 0.1) is 16.8 Å². The van der Waals surface area contributed by atoms with Gasteiger partial charge in [-0.15, -0.1) is 0 Å². The van der Waals surface area contributed by atoms with Gasteiger partial charge in [-0.25, -0.2) is 0 Å². The second-order valence-corrected chi connectivity index (χ2v) is 7.34. The van der Waals surface area contributed by atoms with E-state index in [4.69, 9.17) is 0 Å². The summed E-state index contributed by atoms with van der Waals surface area (Å²) in [6.45, 7) is -0.120. The Morgan fingerprint density at radius 2 is 1.45 bits per heavy atom. The van der Waals surface area contributed by atoms with Gasteiger partial charge in [-0.3, -0.25) is 4.98 Å². The van der Waals surface area contributed by atoms with Crippen molar-refractivity contribution in [3.05, 3.63) is 83.8 Å². The van der Waals surface area contributed by atoms with Crippen LogP contribution < -0.4 is 10.6 Å². The van der Waals surface area contributed by atoms with Crippen molar-refractivity contribution in [1.82, 2.24) is 9.97 Å². The van der Waals surface area contributed by atoms with Crippen LogP contribution in [0, 0.1) is 0 Å². The van der Waals surface area contributed by atoms with E-state index >= 15 is 0 Å². The van der Waals surface area contributed by atoms with E-state index in [0.717, 1.165) is 16.5 Å². The summed E-state index contributed by atoms with van der Waals surface area (Å²) in [7, 11) is 0. The molecule has 10 heteroatoms. The summed E-state index contributed by atoms with van der Waals surface area (Å²) >= 11 is 0. The Morgan fingerprint density at radius 3 is 2.09 bits per heavy atom. The summed E-state index contributed by atoms with van der Waals surface area (Å²) in [5.41, 5.74) is -2.17. The van der Waals surface area contributed by atoms with Crippen molar-refractivity contribution in [2.75, 3.05) is 17.2 Å². The van der Waals surface area contributed by atoms with E-state index in [1.807, 2.05) is 24.3 Å². The van der Waals surface area contributed by atoms with E-state index < -0.39 is 29.2 Å². The Balaban J connectivity index is 1.67. The summed E-state index contributed by atoms with van der Waals surface area (Å²) in [5, 5.41) is 5.84. The van der Waals surface area contributed by atoms with Crippen LogP contribution in [0.3, 0.4) is 0 Å². The van der Waals surface area contributed by atoms with Crippen LogP contribution in [0.4, 0.5) is 43.4 Å². The number of benzene rings is 2. The van der Waals surface area contributed by atoms with Crippen LogP contribution in [0.15, 0.2) is 67.1 Å². The standard InChI is InChI=1S/C23H18F6N4/c24-22(25,26)18-11-16(33-15-6-8-30-9-7-15)12-19(23(27,28)29)21(18)31-10-5-14-13-32-20-4-2-1-3-17(14)20/h1-4,6-9,11-13,31-32H,5,10H2,(H,30,33). The number of H-pyrrole nitrogens is 1. The van der Waals surface area contributed by atoms with E-state index in [-0.39, 0.29) is 18.7 Å². The van der Waals surface area contributed by atoms with Crippen molar-refractivity contribution >= 4 is 28.0 Å². The number of anilines is 3. The molecule has 4 rings (SSSR count). The van der Waals surface area contributed by atoms with Gasteiger partial charge in [-0.1, -0.05) is 18.2 Å². The summed E-state index contributed by atoms with van der Waals surface area (Å²) < 4.78 is 82.8. The molecule has 0 aliphatic heterocycles. The first-order valence-corrected chi connectivity index (χ1v) is 9.91. The normalized spacial score (nSPS) is 12.2. The van der Waals surface area contributed by atoms with Crippen molar-refractivity contribution in [3.8, 4) is 0 Å². The smallest absolute Gasteiger partial charge is 0.384 e. The predicted octanol–water partition coefficient (Wildman–Crippen LogP) is 7.00. The fraction of sp³-hybridized carbons (Fsp3) is 0.174. The van der Waals surface area contributed by atoms with E-state index in [1.165, 1.54) is 24.5 Å². The molecule has 4 aromatic rings. The number of rotatable bonds is 6. The lowest BCUT2D eigenvalue weighted by atomic mass is 10.0. The molecule has 33 heavy (non-hydrogen) atoms. The van der Waals surface area contributed by atoms with Crippen LogP contribution in [0.2, 0.25) is 0 Å². The Labute approximate surface area is 184 Å². The maximum atomic E-state index is 13.8. The first kappa shape index (κ1) is 22.5. The highest BCUT2D eigenvalue weighted by Crippen LogP contribution is 2.45. The molecule has 0 amide bonds. The zero-order chi connectivity index (χ0) is 23.6. The van der Waals surface area contributed by atoms with Crippen molar-refractivity contribution in [2.24, 2.45) is 0 Å². The molecular weight excluding hydrogens is 446 g/mol. The lowest BCUT2D eigenvalue weighted by Crippen LogP contribution is -2.19. The minimum atomic E-state index is -5.00. The SMILES string of the molecule is FC(F)(F)c1cc(Nc2ccncc2)cc(C(F)(F)F)c1NCCc1c[nH]c2ccccc12. The largest absolute Gasteiger partial charge is 0.418 e. The van der Waals surface area contributed by atoms with Gasteiger partial charge in [0.1, 0.15) is 0 Å². The lowest BCUT2D eigenvalue weighted by Gasteiger charge is -2.22. The van der Waals surface area contributed by atoms with E-state index in [1.54, 1.807) is 6.20 Å². The fourth-order valence-corrected chi connectivity index (χ4v) is 3.61. The number of hydrogen-bond acceptors (Lipinski definition) is 3. The molecule has 0 aliphatic carbocycles. The Kier molecular flexibility index (Phi) is 5.92. The monoisotopic (exact) mass is 464 g/mol. The molecular formula is C23H18F6N4. The van der Waals surface area contributed by atoms with Crippen LogP contribution >= 0.6 is 0 Å². The maximum Gasteiger partial charge on any atom is 0.418 e. The molecule has 0 unspecified atom stereocenters. The van der Waals surface area contributed by atoms with E-state index in [9.17, 15) is 26.3 Å². The Hall–Kier alpha value is -3.69. The third kappa shape index (κ3) is 5.05. The van der Waals surface area contributed by atoms with Gasteiger partial charge >= 0.3 is 12.4 Å². The summed E-state index contributed by atoms with van der Waals surface area (Å²) in [6.07, 6.45) is -5.33. The zero-order valence-electron chi connectivity index (χ0n) is 17.0. The third-order valence-corrected chi connectivity index (χ3v) is 5.09. The number of fused-ring (bicyclic) bond motifs is 1. The maximum absolute atomic E-state index is 13.8. The third-order valence-electron chi connectivity index (χ3n) is 5.09. The van der Waals surface area contributed by atoms with Crippen LogP contribution in [-0.2, 0) is 18.8 Å². The molecule has 3 N–H and O–H groups in total. The van der Waals surface area contributed by atoms with Crippen molar-refractivity contribution < 1.29 is 26.3 Å². The molecule has 0 bridgehead atoms. The van der Waals surface area contributed by atoms with Crippen LogP contribution in [0.25, 0.3) is 10.9 Å². The first-order chi connectivity index (χ1) is 15.6. The van der Waals surface area contributed by atoms with Crippen molar-refractivity contribution in [2.45, 2.75) is 18.8 Å². The van der Waals surface area contributed by atoms with Gasteiger partial charge in [0.25, 0.3) is 0 Å². The number of hydrogen-bond donors (Lipinski definition) is 3. The Bertz CT molecular complexity index is 1210. The first-order valence-electron chi connectivity index (χ1n) is 9.91. The van der Waals surface area contributed by atoms with Crippen molar-refractivity contribution in [3.63, 3.8) is 0 Å². The van der Waals surface area contributed by atoms with E-state index in [0.29, 0.717) is 17.8 Å². The number of nitrogens with one attached hydrogen (secondary N) is 3. The molecule has 2 aromatic heterocycles. The average molecular weight is 464 g/mol. The number of alkyl halides is 6. The summed E-state index contributed by atoms with van der Waals surface area (Å²) in [6, 6.07) is 11.5. The predicted molar refractivity (Wildman–Crippen MR) is 114 cm³/mol. The zero-order valence-corrected chi connectivity index (χ0v) is 17.0. The van der Waals surface area contributed by atoms with Crippen LogP contribution in [0.5, 0.6) is 0 Å². The molecule has 0 radical (unpaired) electrons. The summed E-state index contributed by atoms with van der Waals surface area (Å²) in [5.74, 6) is 0. The molecule has 4 nitrogen and oxygen atoms in total. The minimum absolute atomic E-state index is 0.120. The number of aromatic nitrogens is 2. The number of aromatic amines is 1. The highest BCUT2D eigenvalue weighted by molar-refractivity contribution is 5.83.